The van der Waals surface area contributed by atoms with Gasteiger partial charge in [0.05, 0.1) is 11.0 Å². The predicted octanol–water partition coefficient (Wildman–Crippen LogP) is 9.12. The van der Waals surface area contributed by atoms with E-state index in [2.05, 4.69) is 105 Å². The van der Waals surface area contributed by atoms with Gasteiger partial charge in [-0.15, -0.1) is 34.9 Å². The second-order valence-corrected chi connectivity index (χ2v) is 13.1. The van der Waals surface area contributed by atoms with E-state index in [0.717, 1.165) is 50.6 Å². The number of nitrogens with zero attached hydrogens (tertiary/aromatic N) is 5. The van der Waals surface area contributed by atoms with Gasteiger partial charge in [-0.1, -0.05) is 107 Å². The van der Waals surface area contributed by atoms with E-state index in [9.17, 15) is 0 Å². The summed E-state index contributed by atoms with van der Waals surface area (Å²) in [5.74, 6) is 1.77. The van der Waals surface area contributed by atoms with Gasteiger partial charge in [-0.3, -0.25) is 4.57 Å². The normalized spacial score (nSPS) is 14.8. The fourth-order valence-electron chi connectivity index (χ4n) is 7.19. The van der Waals surface area contributed by atoms with Crippen molar-refractivity contribution in [1.82, 2.24) is 24.5 Å². The van der Waals surface area contributed by atoms with Crippen LogP contribution in [0.25, 0.3) is 61.8 Å². The van der Waals surface area contributed by atoms with Crippen molar-refractivity contribution in [1.29, 1.82) is 0 Å². The summed E-state index contributed by atoms with van der Waals surface area (Å²) in [6.45, 7) is 9.32. The van der Waals surface area contributed by atoms with Gasteiger partial charge in [0.15, 0.2) is 11.6 Å². The first-order chi connectivity index (χ1) is 21.3. The molecule has 1 aliphatic rings. The van der Waals surface area contributed by atoms with Crippen molar-refractivity contribution in [3.8, 4) is 40.0 Å². The van der Waals surface area contributed by atoms with Crippen LogP contribution in [-0.2, 0) is 30.9 Å². The fraction of sp³-hybridized carbons (Fsp3) is 0.179. The average Bonchev–Trinajstić information content (AvgIpc) is 3.48. The van der Waals surface area contributed by atoms with Crippen LogP contribution in [0, 0.1) is 6.07 Å². The number of benzene rings is 4. The van der Waals surface area contributed by atoms with E-state index in [4.69, 9.17) is 19.9 Å². The number of hydrogen-bond donors (Lipinski definition) is 0. The molecule has 0 aliphatic heterocycles. The first kappa shape index (κ1) is 29.2. The molecule has 3 aromatic heterocycles. The molecule has 4 aromatic carbocycles. The van der Waals surface area contributed by atoms with Gasteiger partial charge in [-0.05, 0) is 35.1 Å². The third kappa shape index (κ3) is 4.89. The van der Waals surface area contributed by atoms with Crippen LogP contribution in [0.2, 0.25) is 0 Å². The molecule has 0 saturated carbocycles. The third-order valence-electron chi connectivity index (χ3n) is 9.03. The number of rotatable bonds is 4. The smallest absolute Gasteiger partial charge is 0.238 e. The maximum absolute atomic E-state index is 5.05. The molecular weight excluding hydrogens is 731 g/mol. The summed E-state index contributed by atoms with van der Waals surface area (Å²) >= 11 is 0. The molecular formula is C39H32IrN5-. The zero-order valence-electron chi connectivity index (χ0n) is 25.7. The van der Waals surface area contributed by atoms with Gasteiger partial charge in [0.2, 0.25) is 5.95 Å². The Kier molecular flexibility index (Phi) is 7.03. The second-order valence-electron chi connectivity index (χ2n) is 13.1. The van der Waals surface area contributed by atoms with Crippen LogP contribution in [0.3, 0.4) is 0 Å². The minimum absolute atomic E-state index is 0. The standard InChI is InChI=1S/C39H32N5.Ir/c1-38(2)24-39(3,4)31-22-26(18-20-30(31)38)32-21-19-27(23-40-32)36-41-35(25-12-6-5-7-13-25)42-37(43-36)44-33-16-10-8-14-28(33)29-15-9-11-17-34(29)44;/h5-17,19-23H,24H2,1-4H3;/q-1;. The van der Waals surface area contributed by atoms with Crippen LogP contribution in [-0.4, -0.2) is 24.5 Å². The Morgan fingerprint density at radius 3 is 1.89 bits per heavy atom. The SMILES string of the molecule is CC1(C)CC(C)(C)c2cc(-c3ccc(-c4nc(-c5ccccc5)nc(-n5c6ccccc6c6ccccc65)n4)cn3)[c-]cc21.[Ir]. The molecule has 0 atom stereocenters. The van der Waals surface area contributed by atoms with Gasteiger partial charge in [0, 0.05) is 48.2 Å². The number of fused-ring (bicyclic) bond motifs is 4. The third-order valence-corrected chi connectivity index (χ3v) is 9.03. The largest absolute Gasteiger partial charge is 0.304 e. The van der Waals surface area contributed by atoms with Gasteiger partial charge in [0.25, 0.3) is 0 Å². The van der Waals surface area contributed by atoms with E-state index in [1.165, 1.54) is 11.1 Å². The topological polar surface area (TPSA) is 56.5 Å². The molecule has 0 spiro atoms. The number of aromatic nitrogens is 5. The van der Waals surface area contributed by atoms with Crippen molar-refractivity contribution in [2.24, 2.45) is 0 Å². The number of para-hydroxylation sites is 2. The van der Waals surface area contributed by atoms with Crippen molar-refractivity contribution < 1.29 is 20.1 Å². The molecule has 0 amide bonds. The van der Waals surface area contributed by atoms with Gasteiger partial charge >= 0.3 is 0 Å². The number of hydrogen-bond acceptors (Lipinski definition) is 4. The Bertz CT molecular complexity index is 2140. The molecule has 5 nitrogen and oxygen atoms in total. The molecule has 0 bridgehead atoms. The molecule has 223 valence electrons. The Labute approximate surface area is 276 Å². The van der Waals surface area contributed by atoms with Crippen LogP contribution in [0.15, 0.2) is 109 Å². The molecule has 0 fully saturated rings. The van der Waals surface area contributed by atoms with Crippen molar-refractivity contribution in [3.05, 3.63) is 127 Å². The van der Waals surface area contributed by atoms with Gasteiger partial charge in [-0.2, -0.15) is 9.97 Å². The Morgan fingerprint density at radius 2 is 1.24 bits per heavy atom. The summed E-state index contributed by atoms with van der Waals surface area (Å²) in [6.07, 6.45) is 2.99. The molecule has 1 radical (unpaired) electrons. The van der Waals surface area contributed by atoms with E-state index < -0.39 is 0 Å². The maximum Gasteiger partial charge on any atom is 0.238 e. The van der Waals surface area contributed by atoms with Crippen LogP contribution >= 0.6 is 0 Å². The minimum Gasteiger partial charge on any atom is -0.304 e. The quantitative estimate of drug-likeness (QED) is 0.168. The Hall–Kier alpha value is -4.51. The second kappa shape index (κ2) is 10.8. The zero-order valence-corrected chi connectivity index (χ0v) is 28.1. The van der Waals surface area contributed by atoms with Crippen LogP contribution in [0.4, 0.5) is 0 Å². The van der Waals surface area contributed by atoms with Crippen LogP contribution in [0.1, 0.15) is 45.2 Å². The summed E-state index contributed by atoms with van der Waals surface area (Å²) in [5.41, 5.74) is 8.80. The van der Waals surface area contributed by atoms with E-state index in [1.54, 1.807) is 0 Å². The molecule has 6 heteroatoms. The van der Waals surface area contributed by atoms with E-state index in [-0.39, 0.29) is 30.9 Å². The number of pyridine rings is 1. The predicted molar refractivity (Wildman–Crippen MR) is 178 cm³/mol. The Balaban J connectivity index is 0.00000325. The van der Waals surface area contributed by atoms with Crippen LogP contribution < -0.4 is 0 Å². The van der Waals surface area contributed by atoms with Crippen molar-refractivity contribution in [2.75, 3.05) is 0 Å². The molecule has 7 aromatic rings. The summed E-state index contributed by atoms with van der Waals surface area (Å²) in [7, 11) is 0. The van der Waals surface area contributed by atoms with Gasteiger partial charge < -0.3 is 4.98 Å². The van der Waals surface area contributed by atoms with Crippen LogP contribution in [0.5, 0.6) is 0 Å². The average molecular weight is 763 g/mol. The van der Waals surface area contributed by atoms with Crippen molar-refractivity contribution >= 4 is 21.8 Å². The van der Waals surface area contributed by atoms with Gasteiger partial charge in [-0.25, -0.2) is 4.98 Å². The van der Waals surface area contributed by atoms with Crippen molar-refractivity contribution in [3.63, 3.8) is 0 Å². The molecule has 1 aliphatic carbocycles. The molecule has 8 rings (SSSR count). The van der Waals surface area contributed by atoms with E-state index in [1.807, 2.05) is 42.6 Å². The molecule has 0 unspecified atom stereocenters. The maximum atomic E-state index is 5.05. The van der Waals surface area contributed by atoms with Crippen molar-refractivity contribution in [2.45, 2.75) is 44.9 Å². The van der Waals surface area contributed by atoms with E-state index >= 15 is 0 Å². The zero-order chi connectivity index (χ0) is 30.1. The summed E-state index contributed by atoms with van der Waals surface area (Å²) < 4.78 is 2.13. The molecule has 0 saturated heterocycles. The molecule has 45 heavy (non-hydrogen) atoms. The summed E-state index contributed by atoms with van der Waals surface area (Å²) in [6, 6.07) is 38.9. The minimum atomic E-state index is 0. The summed E-state index contributed by atoms with van der Waals surface area (Å²) in [5, 5.41) is 2.32. The van der Waals surface area contributed by atoms with Gasteiger partial charge in [0.1, 0.15) is 0 Å². The van der Waals surface area contributed by atoms with E-state index in [0.29, 0.717) is 17.6 Å². The summed E-state index contributed by atoms with van der Waals surface area (Å²) in [4.78, 5) is 19.9. The molecule has 0 N–H and O–H groups in total. The Morgan fingerprint density at radius 1 is 0.644 bits per heavy atom. The monoisotopic (exact) mass is 763 g/mol. The first-order valence-corrected chi connectivity index (χ1v) is 15.1. The molecule has 3 heterocycles. The fourth-order valence-corrected chi connectivity index (χ4v) is 7.19. The first-order valence-electron chi connectivity index (χ1n) is 15.1.